The van der Waals surface area contributed by atoms with Gasteiger partial charge < -0.3 is 34.3 Å². The van der Waals surface area contributed by atoms with Crippen LogP contribution in [0.15, 0.2) is 36.7 Å². The Hall–Kier alpha value is -3.96. The lowest BCUT2D eigenvalue weighted by molar-refractivity contribution is -0.132. The van der Waals surface area contributed by atoms with Crippen molar-refractivity contribution < 1.29 is 33.6 Å². The Morgan fingerprint density at radius 2 is 1.87 bits per heavy atom. The molecule has 1 aliphatic heterocycles. The van der Waals surface area contributed by atoms with Gasteiger partial charge in [0.05, 0.1) is 36.6 Å². The fraction of sp³-hybridized carbons (Fsp3) is 0.393. The molecule has 11 heteroatoms. The maximum absolute atomic E-state index is 15.1. The molecular formula is C28H31FN4O6. The minimum atomic E-state index is -1.01. The maximum atomic E-state index is 15.1. The largest absolute Gasteiger partial charge is 0.493 e. The fourth-order valence-corrected chi connectivity index (χ4v) is 4.81. The van der Waals surface area contributed by atoms with Crippen LogP contribution in [0.2, 0.25) is 0 Å². The van der Waals surface area contributed by atoms with Gasteiger partial charge in [0.2, 0.25) is 11.8 Å². The van der Waals surface area contributed by atoms with E-state index >= 15 is 4.39 Å². The Morgan fingerprint density at radius 1 is 1.08 bits per heavy atom. The molecule has 5 rings (SSSR count). The molecule has 0 saturated carbocycles. The van der Waals surface area contributed by atoms with Crippen molar-refractivity contribution in [3.8, 4) is 23.1 Å². The van der Waals surface area contributed by atoms with Gasteiger partial charge in [0, 0.05) is 42.2 Å². The number of aliphatic hydroxyl groups excluding tert-OH is 2. The monoisotopic (exact) mass is 538 g/mol. The summed E-state index contributed by atoms with van der Waals surface area (Å²) in [5.74, 6) is 0.189. The molecule has 0 spiro atoms. The lowest BCUT2D eigenvalue weighted by Gasteiger charge is -2.20. The number of carbonyl (C=O) groups is 1. The second-order valence-corrected chi connectivity index (χ2v) is 9.74. The number of fused-ring (bicyclic) bond motifs is 2. The number of H-pyrrole nitrogens is 1. The van der Waals surface area contributed by atoms with Crippen LogP contribution in [-0.2, 0) is 4.79 Å². The predicted octanol–water partition coefficient (Wildman–Crippen LogP) is 3.86. The summed E-state index contributed by atoms with van der Waals surface area (Å²) >= 11 is 0. The van der Waals surface area contributed by atoms with E-state index in [1.54, 1.807) is 29.2 Å². The van der Waals surface area contributed by atoms with Gasteiger partial charge in [0.1, 0.15) is 12.9 Å². The summed E-state index contributed by atoms with van der Waals surface area (Å²) in [5.41, 5.74) is 1.96. The highest BCUT2D eigenvalue weighted by Crippen LogP contribution is 2.37. The van der Waals surface area contributed by atoms with Crippen LogP contribution < -0.4 is 14.2 Å². The number of benzene rings is 2. The molecule has 0 radical (unpaired) electrons. The number of ether oxygens (including phenoxy) is 3. The van der Waals surface area contributed by atoms with Gasteiger partial charge in [-0.25, -0.2) is 14.4 Å². The third-order valence-electron chi connectivity index (χ3n) is 6.77. The quantitative estimate of drug-likeness (QED) is 0.278. The number of rotatable bonds is 10. The molecule has 0 bridgehead atoms. The summed E-state index contributed by atoms with van der Waals surface area (Å²) in [6.45, 7) is 3.15. The second-order valence-electron chi connectivity index (χ2n) is 9.74. The average Bonchev–Trinajstić information content (AvgIpc) is 3.59. The molecule has 1 saturated heterocycles. The van der Waals surface area contributed by atoms with Crippen molar-refractivity contribution in [1.82, 2.24) is 19.9 Å². The third kappa shape index (κ3) is 5.89. The summed E-state index contributed by atoms with van der Waals surface area (Å²) in [6, 6.07) is 8.21. The molecule has 3 heterocycles. The molecule has 1 amide bonds. The van der Waals surface area contributed by atoms with E-state index in [4.69, 9.17) is 14.2 Å². The Labute approximate surface area is 224 Å². The first-order chi connectivity index (χ1) is 18.8. The van der Waals surface area contributed by atoms with E-state index in [-0.39, 0.29) is 37.0 Å². The number of amides is 1. The van der Waals surface area contributed by atoms with E-state index in [9.17, 15) is 15.0 Å². The first-order valence-electron chi connectivity index (χ1n) is 12.9. The number of halogens is 1. The van der Waals surface area contributed by atoms with Crippen molar-refractivity contribution in [2.45, 2.75) is 44.8 Å². The molecule has 1 fully saturated rings. The number of hydrogen-bond donors (Lipinski definition) is 3. The minimum Gasteiger partial charge on any atom is -0.493 e. The first kappa shape index (κ1) is 26.6. The Balaban J connectivity index is 1.28. The number of aliphatic hydroxyl groups is 2. The average molecular weight is 539 g/mol. The van der Waals surface area contributed by atoms with Gasteiger partial charge in [-0.15, -0.1) is 0 Å². The summed E-state index contributed by atoms with van der Waals surface area (Å²) in [5, 5.41) is 21.6. The van der Waals surface area contributed by atoms with E-state index in [0.717, 1.165) is 18.5 Å². The second kappa shape index (κ2) is 11.4. The zero-order valence-electron chi connectivity index (χ0n) is 21.8. The van der Waals surface area contributed by atoms with Crippen molar-refractivity contribution in [2.75, 3.05) is 26.8 Å². The third-order valence-corrected chi connectivity index (χ3v) is 6.77. The SMILES string of the molecule is COc1cc2c(Oc3ccc4[nH]c(C)cc4c3F)ncnc2cc1OC[C@@H](O)C[C@@H](O)CC(=O)N1CCCC1. The van der Waals surface area contributed by atoms with Crippen LogP contribution in [0.3, 0.4) is 0 Å². The van der Waals surface area contributed by atoms with Gasteiger partial charge in [-0.1, -0.05) is 0 Å². The summed E-state index contributed by atoms with van der Waals surface area (Å²) in [6.07, 6.45) is 1.23. The van der Waals surface area contributed by atoms with Gasteiger partial charge in [0.15, 0.2) is 23.1 Å². The van der Waals surface area contributed by atoms with Crippen LogP contribution in [-0.4, -0.2) is 75.0 Å². The molecule has 10 nitrogen and oxygen atoms in total. The number of likely N-dealkylation sites (tertiary alicyclic amines) is 1. The van der Waals surface area contributed by atoms with Crippen LogP contribution in [0.4, 0.5) is 4.39 Å². The van der Waals surface area contributed by atoms with Gasteiger partial charge in [0.25, 0.3) is 0 Å². The van der Waals surface area contributed by atoms with Gasteiger partial charge in [-0.05, 0) is 44.0 Å². The van der Waals surface area contributed by atoms with Crippen molar-refractivity contribution >= 4 is 27.7 Å². The smallest absolute Gasteiger partial charge is 0.230 e. The van der Waals surface area contributed by atoms with Crippen molar-refractivity contribution in [1.29, 1.82) is 0 Å². The van der Waals surface area contributed by atoms with Crippen molar-refractivity contribution in [3.63, 3.8) is 0 Å². The molecular weight excluding hydrogens is 507 g/mol. The standard InChI is InChI=1S/C28H31FN4O6/c1-16-9-19-21(32-16)5-6-23(27(19)29)39-28-20-12-24(37-2)25(13-22(20)30-15-31-28)38-14-18(35)10-17(34)11-26(36)33-7-3-4-8-33/h5-6,9,12-13,15,17-18,32,34-35H,3-4,7-8,10-11,14H2,1-2H3/t17-,18+/m1/s1. The molecule has 3 N–H and O–H groups in total. The molecule has 2 atom stereocenters. The Morgan fingerprint density at radius 3 is 2.64 bits per heavy atom. The van der Waals surface area contributed by atoms with Crippen LogP contribution in [0.1, 0.15) is 31.4 Å². The summed E-state index contributed by atoms with van der Waals surface area (Å²) < 4.78 is 32.2. The zero-order chi connectivity index (χ0) is 27.5. The lowest BCUT2D eigenvalue weighted by Crippen LogP contribution is -2.32. The minimum absolute atomic E-state index is 0.00773. The van der Waals surface area contributed by atoms with Crippen LogP contribution in [0.25, 0.3) is 21.8 Å². The molecule has 206 valence electrons. The zero-order valence-corrected chi connectivity index (χ0v) is 21.8. The van der Waals surface area contributed by atoms with E-state index < -0.39 is 18.0 Å². The molecule has 39 heavy (non-hydrogen) atoms. The van der Waals surface area contributed by atoms with Crippen LogP contribution >= 0.6 is 0 Å². The molecule has 1 aliphatic rings. The normalized spacial score (nSPS) is 15.1. The molecule has 0 unspecified atom stereocenters. The highest BCUT2D eigenvalue weighted by molar-refractivity contribution is 5.87. The maximum Gasteiger partial charge on any atom is 0.230 e. The number of hydrogen-bond acceptors (Lipinski definition) is 8. The molecule has 2 aromatic heterocycles. The summed E-state index contributed by atoms with van der Waals surface area (Å²) in [7, 11) is 1.46. The van der Waals surface area contributed by atoms with E-state index in [1.165, 1.54) is 19.5 Å². The number of nitrogens with zero attached hydrogens (tertiary/aromatic N) is 3. The summed E-state index contributed by atoms with van der Waals surface area (Å²) in [4.78, 5) is 25.5. The van der Waals surface area contributed by atoms with Crippen LogP contribution in [0.5, 0.6) is 23.1 Å². The molecule has 0 aliphatic carbocycles. The van der Waals surface area contributed by atoms with E-state index in [0.29, 0.717) is 46.4 Å². The number of aryl methyl sites for hydroxylation is 1. The number of methoxy groups -OCH3 is 1. The predicted molar refractivity (Wildman–Crippen MR) is 142 cm³/mol. The van der Waals surface area contributed by atoms with Gasteiger partial charge >= 0.3 is 0 Å². The van der Waals surface area contributed by atoms with Crippen molar-refractivity contribution in [3.05, 3.63) is 48.2 Å². The highest BCUT2D eigenvalue weighted by Gasteiger charge is 2.23. The Kier molecular flexibility index (Phi) is 7.80. The lowest BCUT2D eigenvalue weighted by atomic mass is 10.1. The number of carbonyl (C=O) groups excluding carboxylic acids is 1. The van der Waals surface area contributed by atoms with E-state index in [1.807, 2.05) is 6.92 Å². The highest BCUT2D eigenvalue weighted by atomic mass is 19.1. The molecule has 4 aromatic rings. The Bertz CT molecular complexity index is 1490. The van der Waals surface area contributed by atoms with E-state index in [2.05, 4.69) is 15.0 Å². The molecule has 2 aromatic carbocycles. The number of aromatic amines is 1. The van der Waals surface area contributed by atoms with Gasteiger partial charge in [-0.2, -0.15) is 0 Å². The van der Waals surface area contributed by atoms with Gasteiger partial charge in [-0.3, -0.25) is 4.79 Å². The fourth-order valence-electron chi connectivity index (χ4n) is 4.81. The van der Waals surface area contributed by atoms with Crippen LogP contribution in [0, 0.1) is 12.7 Å². The number of aromatic nitrogens is 3. The van der Waals surface area contributed by atoms with Crippen molar-refractivity contribution in [2.24, 2.45) is 0 Å². The first-order valence-corrected chi connectivity index (χ1v) is 12.9. The number of nitrogens with one attached hydrogen (secondary N) is 1. The topological polar surface area (TPSA) is 130 Å².